The van der Waals surface area contributed by atoms with Gasteiger partial charge in [0, 0.05) is 18.9 Å². The number of benzene rings is 1. The van der Waals surface area contributed by atoms with Crippen LogP contribution in [0.15, 0.2) is 24.3 Å². The second-order valence-corrected chi connectivity index (χ2v) is 9.23. The molecule has 0 spiro atoms. The Hall–Kier alpha value is -3.44. The van der Waals surface area contributed by atoms with Gasteiger partial charge in [-0.1, -0.05) is 6.07 Å². The molecule has 1 rings (SSSR count). The molecule has 0 amide bonds. The highest BCUT2D eigenvalue weighted by molar-refractivity contribution is 5.87. The Labute approximate surface area is 252 Å². The zero-order chi connectivity index (χ0) is 38.4. The first-order valence-electron chi connectivity index (χ1n) is 11.7. The van der Waals surface area contributed by atoms with Crippen LogP contribution in [0.3, 0.4) is 0 Å². The van der Waals surface area contributed by atoms with E-state index < -0.39 is 78.5 Å². The minimum absolute atomic E-state index is 0.00871. The van der Waals surface area contributed by atoms with Crippen LogP contribution in [0.1, 0.15) is 18.4 Å². The summed E-state index contributed by atoms with van der Waals surface area (Å²) >= 11 is 0. The Morgan fingerprint density at radius 1 is 0.562 bits per heavy atom. The minimum atomic E-state index is -9.15. The van der Waals surface area contributed by atoms with Gasteiger partial charge in [0.15, 0.2) is 11.5 Å². The SMILES string of the molecule is COc1ccc(C=CC(=O)OC(F)(F)C(F)(F)C(F)(F)C(F)(F)C(F)(F)C(F)(F)C(F)(F)C(F)(F)C(F)(F)CCC(F)(F)F)cc1OC. The largest absolute Gasteiger partial charge is 0.493 e. The molecule has 4 nitrogen and oxygen atoms in total. The number of carbonyl (C=O) groups excluding carboxylic acids is 1. The third-order valence-corrected chi connectivity index (χ3v) is 5.96. The summed E-state index contributed by atoms with van der Waals surface area (Å²) in [6, 6.07) is 2.96. The Balaban J connectivity index is 3.53. The number of rotatable bonds is 15. The molecule has 25 heteroatoms. The lowest BCUT2D eigenvalue weighted by atomic mass is 9.86. The second-order valence-electron chi connectivity index (χ2n) is 9.23. The third kappa shape index (κ3) is 6.99. The highest BCUT2D eigenvalue weighted by Gasteiger charge is 2.96. The smallest absolute Gasteiger partial charge is 0.473 e. The van der Waals surface area contributed by atoms with Gasteiger partial charge in [-0.05, 0) is 23.8 Å². The number of carbonyl (C=O) groups is 1. The van der Waals surface area contributed by atoms with E-state index in [1.165, 1.54) is 0 Å². The van der Waals surface area contributed by atoms with Crippen molar-refractivity contribution in [1.29, 1.82) is 0 Å². The Morgan fingerprint density at radius 3 is 1.35 bits per heavy atom. The zero-order valence-electron chi connectivity index (χ0n) is 22.9. The maximum Gasteiger partial charge on any atom is 0.473 e. The summed E-state index contributed by atoms with van der Waals surface area (Å²) in [4.78, 5) is 11.5. The van der Waals surface area contributed by atoms with E-state index >= 15 is 0 Å². The van der Waals surface area contributed by atoms with Gasteiger partial charge in [-0.2, -0.15) is 92.2 Å². The first-order valence-corrected chi connectivity index (χ1v) is 11.7. The predicted molar refractivity (Wildman–Crippen MR) is 114 cm³/mol. The Morgan fingerprint density at radius 2 is 0.958 bits per heavy atom. The minimum Gasteiger partial charge on any atom is -0.493 e. The van der Waals surface area contributed by atoms with E-state index in [-0.39, 0.29) is 23.1 Å². The van der Waals surface area contributed by atoms with Gasteiger partial charge in [-0.25, -0.2) is 4.79 Å². The normalized spacial score (nSPS) is 15.1. The summed E-state index contributed by atoms with van der Waals surface area (Å²) in [6.07, 6.45) is -20.3. The van der Waals surface area contributed by atoms with Gasteiger partial charge in [-0.3, -0.25) is 0 Å². The van der Waals surface area contributed by atoms with Crippen molar-refractivity contribution in [2.24, 2.45) is 0 Å². The molecule has 0 aliphatic carbocycles. The molecular weight excluding hydrogens is 739 g/mol. The molecule has 0 unspecified atom stereocenters. The molecule has 0 aromatic heterocycles. The highest BCUT2D eigenvalue weighted by atomic mass is 19.4. The standard InChI is InChI=1S/C23H15F21O4/c1-46-11-5-3-10(9-12(11)47-2)4-6-13(45)48-23(43,44)22(41,42)21(39,40)20(37,38)19(35,36)18(33,34)17(31,32)16(29,30)14(24,25)7-8-15(26,27)28/h3-6,9H,7-8H2,1-2H3. The molecule has 0 aliphatic rings. The summed E-state index contributed by atoms with van der Waals surface area (Å²) in [5.41, 5.74) is -0.292. The molecule has 0 heterocycles. The van der Waals surface area contributed by atoms with Crippen molar-refractivity contribution in [2.45, 2.75) is 72.5 Å². The van der Waals surface area contributed by atoms with E-state index in [1.807, 2.05) is 0 Å². The first kappa shape index (κ1) is 42.6. The molecule has 0 atom stereocenters. The van der Waals surface area contributed by atoms with Gasteiger partial charge in [-0.15, -0.1) is 0 Å². The molecule has 278 valence electrons. The number of methoxy groups -OCH3 is 2. The van der Waals surface area contributed by atoms with Crippen LogP contribution in [0, 0.1) is 0 Å². The van der Waals surface area contributed by atoms with Crippen LogP contribution < -0.4 is 9.47 Å². The third-order valence-electron chi connectivity index (χ3n) is 5.96. The van der Waals surface area contributed by atoms with E-state index in [4.69, 9.17) is 9.47 Å². The quantitative estimate of drug-likeness (QED) is 0.102. The van der Waals surface area contributed by atoms with Crippen molar-refractivity contribution in [3.63, 3.8) is 0 Å². The number of alkyl halides is 21. The van der Waals surface area contributed by atoms with E-state index in [0.29, 0.717) is 6.08 Å². The number of ether oxygens (including phenoxy) is 3. The Kier molecular flexibility index (Phi) is 11.3. The van der Waals surface area contributed by atoms with Crippen molar-refractivity contribution in [3.05, 3.63) is 29.8 Å². The van der Waals surface area contributed by atoms with Crippen molar-refractivity contribution >= 4 is 12.0 Å². The monoisotopic (exact) mass is 754 g/mol. The van der Waals surface area contributed by atoms with E-state index in [0.717, 1.165) is 32.4 Å². The summed E-state index contributed by atoms with van der Waals surface area (Å²) in [7, 11) is 2.16. The van der Waals surface area contributed by atoms with Crippen LogP contribution in [0.2, 0.25) is 0 Å². The molecule has 0 fully saturated rings. The van der Waals surface area contributed by atoms with Crippen molar-refractivity contribution in [3.8, 4) is 11.5 Å². The van der Waals surface area contributed by atoms with Crippen LogP contribution in [-0.2, 0) is 9.53 Å². The van der Waals surface area contributed by atoms with Crippen LogP contribution in [0.4, 0.5) is 92.2 Å². The van der Waals surface area contributed by atoms with Crippen molar-refractivity contribution in [1.82, 2.24) is 0 Å². The van der Waals surface area contributed by atoms with E-state index in [2.05, 4.69) is 4.74 Å². The van der Waals surface area contributed by atoms with Crippen molar-refractivity contribution in [2.75, 3.05) is 14.2 Å². The number of hydrogen-bond donors (Lipinski definition) is 0. The predicted octanol–water partition coefficient (Wildman–Crippen LogP) is 9.28. The lowest BCUT2D eigenvalue weighted by Gasteiger charge is -2.44. The number of halogens is 21. The maximum atomic E-state index is 14.0. The van der Waals surface area contributed by atoms with Gasteiger partial charge in [0.25, 0.3) is 0 Å². The molecule has 0 radical (unpaired) electrons. The molecule has 0 aliphatic heterocycles. The van der Waals surface area contributed by atoms with E-state index in [1.54, 1.807) is 0 Å². The zero-order valence-corrected chi connectivity index (χ0v) is 22.9. The van der Waals surface area contributed by atoms with Crippen LogP contribution in [-0.4, -0.2) is 79.9 Å². The summed E-state index contributed by atoms with van der Waals surface area (Å²) in [6.45, 7) is 0. The fourth-order valence-electron chi connectivity index (χ4n) is 3.20. The summed E-state index contributed by atoms with van der Waals surface area (Å²) < 4.78 is 297. The average Bonchev–Trinajstić information content (AvgIpc) is 2.93. The average molecular weight is 754 g/mol. The van der Waals surface area contributed by atoms with Crippen LogP contribution in [0.25, 0.3) is 6.08 Å². The lowest BCUT2D eigenvalue weighted by Crippen LogP contribution is -2.76. The molecule has 1 aromatic rings. The molecule has 48 heavy (non-hydrogen) atoms. The second kappa shape index (κ2) is 12.8. The van der Waals surface area contributed by atoms with Gasteiger partial charge in [0.05, 0.1) is 14.2 Å². The first-order chi connectivity index (χ1) is 21.1. The topological polar surface area (TPSA) is 44.8 Å². The number of hydrogen-bond acceptors (Lipinski definition) is 4. The lowest BCUT2D eigenvalue weighted by molar-refractivity contribution is -0.474. The van der Waals surface area contributed by atoms with Crippen molar-refractivity contribution < 1.29 is 111 Å². The molecule has 1 aromatic carbocycles. The fourth-order valence-corrected chi connectivity index (χ4v) is 3.20. The fraction of sp³-hybridized carbons (Fsp3) is 0.609. The molecule has 0 saturated carbocycles. The number of esters is 1. The van der Waals surface area contributed by atoms with E-state index in [9.17, 15) is 97.0 Å². The Bertz CT molecular complexity index is 1330. The maximum absolute atomic E-state index is 14.0. The molecule has 0 saturated heterocycles. The highest BCUT2D eigenvalue weighted by Crippen LogP contribution is 2.65. The summed E-state index contributed by atoms with van der Waals surface area (Å²) in [5.74, 6) is -71.8. The van der Waals surface area contributed by atoms with Gasteiger partial charge in [0.2, 0.25) is 0 Å². The van der Waals surface area contributed by atoms with Gasteiger partial charge in [0.1, 0.15) is 0 Å². The molecule has 0 bridgehead atoms. The van der Waals surface area contributed by atoms with Gasteiger partial charge >= 0.3 is 65.6 Å². The van der Waals surface area contributed by atoms with Crippen LogP contribution in [0.5, 0.6) is 11.5 Å². The van der Waals surface area contributed by atoms with Gasteiger partial charge < -0.3 is 14.2 Å². The molecular formula is C23H15F21O4. The summed E-state index contributed by atoms with van der Waals surface area (Å²) in [5, 5.41) is 0. The van der Waals surface area contributed by atoms with Crippen LogP contribution >= 0.6 is 0 Å². The molecule has 0 N–H and O–H groups in total.